The van der Waals surface area contributed by atoms with Crippen molar-refractivity contribution in [1.29, 1.82) is 0 Å². The molecule has 2 aromatic carbocycles. The lowest BCUT2D eigenvalue weighted by atomic mass is 10.0. The molecule has 0 spiro atoms. The molecule has 3 heteroatoms. The number of aryl methyl sites for hydroxylation is 1. The van der Waals surface area contributed by atoms with Crippen LogP contribution in [0.5, 0.6) is 0 Å². The minimum absolute atomic E-state index is 0.606. The van der Waals surface area contributed by atoms with Crippen LogP contribution in [0.25, 0.3) is 0 Å². The molecule has 1 atom stereocenters. The Hall–Kier alpha value is -0.930. The zero-order chi connectivity index (χ0) is 13.2. The molecule has 1 aliphatic heterocycles. The van der Waals surface area contributed by atoms with Crippen LogP contribution in [0.15, 0.2) is 51.8 Å². The third-order valence-electron chi connectivity index (χ3n) is 3.46. The predicted molar refractivity (Wildman–Crippen MR) is 87.3 cm³/mol. The van der Waals surface area contributed by atoms with Gasteiger partial charge in [0.25, 0.3) is 0 Å². The Morgan fingerprint density at radius 2 is 2.11 bits per heavy atom. The minimum Gasteiger partial charge on any atom is -0.383 e. The molecule has 0 aromatic heterocycles. The first-order valence-corrected chi connectivity index (χ1v) is 8.23. The van der Waals surface area contributed by atoms with Gasteiger partial charge in [-0.1, -0.05) is 24.3 Å². The maximum Gasteiger partial charge on any atom is 0.0485 e. The molecule has 0 bridgehead atoms. The van der Waals surface area contributed by atoms with Crippen molar-refractivity contribution in [2.75, 3.05) is 17.6 Å². The average Bonchev–Trinajstić information content (AvgIpc) is 2.81. The molecule has 1 aliphatic rings. The molecule has 1 unspecified atom stereocenters. The molecule has 1 N–H and O–H groups in total. The van der Waals surface area contributed by atoms with E-state index in [2.05, 4.69) is 70.6 Å². The summed E-state index contributed by atoms with van der Waals surface area (Å²) in [6.07, 6.45) is 0. The number of benzene rings is 2. The summed E-state index contributed by atoms with van der Waals surface area (Å²) in [5.41, 5.74) is 3.95. The molecule has 3 rings (SSSR count). The van der Waals surface area contributed by atoms with Gasteiger partial charge in [-0.05, 0) is 52.2 Å². The fraction of sp³-hybridized carbons (Fsp3) is 0.250. The van der Waals surface area contributed by atoms with Gasteiger partial charge < -0.3 is 5.32 Å². The average molecular weight is 334 g/mol. The van der Waals surface area contributed by atoms with Gasteiger partial charge in [-0.15, -0.1) is 11.8 Å². The Balaban J connectivity index is 1.71. The van der Waals surface area contributed by atoms with E-state index in [1.165, 1.54) is 27.5 Å². The number of fused-ring (bicyclic) bond motifs is 1. The summed E-state index contributed by atoms with van der Waals surface area (Å²) in [6.45, 7) is 3.10. The first-order chi connectivity index (χ1) is 9.24. The van der Waals surface area contributed by atoms with Gasteiger partial charge in [0, 0.05) is 33.3 Å². The topological polar surface area (TPSA) is 12.0 Å². The van der Waals surface area contributed by atoms with Crippen LogP contribution in [0.2, 0.25) is 0 Å². The molecule has 0 saturated carbocycles. The third-order valence-corrected chi connectivity index (χ3v) is 5.37. The number of anilines is 1. The van der Waals surface area contributed by atoms with Gasteiger partial charge in [-0.2, -0.15) is 0 Å². The molecular weight excluding hydrogens is 318 g/mol. The van der Waals surface area contributed by atoms with Gasteiger partial charge in [-0.3, -0.25) is 0 Å². The Bertz CT molecular complexity index is 597. The van der Waals surface area contributed by atoms with Crippen molar-refractivity contribution in [2.45, 2.75) is 17.7 Å². The molecule has 0 radical (unpaired) electrons. The van der Waals surface area contributed by atoms with Crippen LogP contribution in [-0.4, -0.2) is 12.3 Å². The van der Waals surface area contributed by atoms with Crippen LogP contribution in [0.1, 0.15) is 17.0 Å². The van der Waals surface area contributed by atoms with E-state index in [0.717, 1.165) is 11.0 Å². The SMILES string of the molecule is Cc1ccc(NCC2CSc3ccccc32)c(Br)c1. The van der Waals surface area contributed by atoms with Gasteiger partial charge in [0.15, 0.2) is 0 Å². The van der Waals surface area contributed by atoms with Crippen LogP contribution >= 0.6 is 27.7 Å². The molecule has 0 saturated heterocycles. The summed E-state index contributed by atoms with van der Waals surface area (Å²) in [6, 6.07) is 15.2. The number of hydrogen-bond donors (Lipinski definition) is 1. The Labute approximate surface area is 126 Å². The third kappa shape index (κ3) is 2.82. The van der Waals surface area contributed by atoms with Crippen molar-refractivity contribution in [3.8, 4) is 0 Å². The van der Waals surface area contributed by atoms with E-state index >= 15 is 0 Å². The lowest BCUT2D eigenvalue weighted by Gasteiger charge is -2.14. The number of rotatable bonds is 3. The second-order valence-electron chi connectivity index (χ2n) is 4.91. The lowest BCUT2D eigenvalue weighted by molar-refractivity contribution is 0.818. The largest absolute Gasteiger partial charge is 0.383 e. The maximum atomic E-state index is 3.62. The van der Waals surface area contributed by atoms with Gasteiger partial charge in [0.05, 0.1) is 0 Å². The van der Waals surface area contributed by atoms with E-state index < -0.39 is 0 Å². The van der Waals surface area contributed by atoms with Crippen molar-refractivity contribution in [2.24, 2.45) is 0 Å². The van der Waals surface area contributed by atoms with E-state index in [1.807, 2.05) is 11.8 Å². The highest BCUT2D eigenvalue weighted by atomic mass is 79.9. The highest BCUT2D eigenvalue weighted by Crippen LogP contribution is 2.39. The smallest absolute Gasteiger partial charge is 0.0485 e. The predicted octanol–water partition coefficient (Wildman–Crippen LogP) is 5.06. The fourth-order valence-electron chi connectivity index (χ4n) is 2.39. The zero-order valence-electron chi connectivity index (χ0n) is 10.8. The molecule has 19 heavy (non-hydrogen) atoms. The minimum atomic E-state index is 0.606. The highest BCUT2D eigenvalue weighted by Gasteiger charge is 2.22. The second-order valence-corrected chi connectivity index (χ2v) is 6.83. The number of nitrogens with one attached hydrogen (secondary N) is 1. The number of halogens is 1. The van der Waals surface area contributed by atoms with E-state index in [4.69, 9.17) is 0 Å². The van der Waals surface area contributed by atoms with Crippen LogP contribution in [-0.2, 0) is 0 Å². The first kappa shape index (κ1) is 13.1. The summed E-state index contributed by atoms with van der Waals surface area (Å²) in [4.78, 5) is 1.44. The lowest BCUT2D eigenvalue weighted by Crippen LogP contribution is -2.12. The molecule has 1 heterocycles. The van der Waals surface area contributed by atoms with E-state index in [1.54, 1.807) is 0 Å². The Morgan fingerprint density at radius 3 is 2.95 bits per heavy atom. The fourth-order valence-corrected chi connectivity index (χ4v) is 4.28. The normalized spacial score (nSPS) is 17.3. The molecular formula is C16H16BrNS. The maximum absolute atomic E-state index is 3.62. The molecule has 2 aromatic rings. The quantitative estimate of drug-likeness (QED) is 0.842. The van der Waals surface area contributed by atoms with Gasteiger partial charge in [0.2, 0.25) is 0 Å². The second kappa shape index (κ2) is 5.59. The summed E-state index contributed by atoms with van der Waals surface area (Å²) in [5, 5.41) is 3.56. The zero-order valence-corrected chi connectivity index (χ0v) is 13.2. The van der Waals surface area contributed by atoms with Crippen LogP contribution in [0.4, 0.5) is 5.69 Å². The Kier molecular flexibility index (Phi) is 3.85. The number of hydrogen-bond acceptors (Lipinski definition) is 2. The van der Waals surface area contributed by atoms with Gasteiger partial charge in [-0.25, -0.2) is 0 Å². The summed E-state index contributed by atoms with van der Waals surface area (Å²) < 4.78 is 1.14. The van der Waals surface area contributed by atoms with Gasteiger partial charge >= 0.3 is 0 Å². The van der Waals surface area contributed by atoms with Crippen molar-refractivity contribution >= 4 is 33.4 Å². The number of thioether (sulfide) groups is 1. The highest BCUT2D eigenvalue weighted by molar-refractivity contribution is 9.10. The van der Waals surface area contributed by atoms with Crippen molar-refractivity contribution in [3.63, 3.8) is 0 Å². The van der Waals surface area contributed by atoms with Crippen LogP contribution < -0.4 is 5.32 Å². The standard InChI is InChI=1S/C16H16BrNS/c1-11-6-7-15(14(17)8-11)18-9-12-10-19-16-5-3-2-4-13(12)16/h2-8,12,18H,9-10H2,1H3. The van der Waals surface area contributed by atoms with Crippen molar-refractivity contribution in [3.05, 3.63) is 58.1 Å². The molecule has 1 nitrogen and oxygen atoms in total. The summed E-state index contributed by atoms with van der Waals surface area (Å²) in [5.74, 6) is 1.78. The van der Waals surface area contributed by atoms with E-state index in [0.29, 0.717) is 5.92 Å². The monoisotopic (exact) mass is 333 g/mol. The van der Waals surface area contributed by atoms with E-state index in [9.17, 15) is 0 Å². The Morgan fingerprint density at radius 1 is 1.26 bits per heavy atom. The molecule has 0 aliphatic carbocycles. The van der Waals surface area contributed by atoms with Crippen molar-refractivity contribution in [1.82, 2.24) is 0 Å². The molecule has 98 valence electrons. The van der Waals surface area contributed by atoms with Crippen LogP contribution in [0.3, 0.4) is 0 Å². The van der Waals surface area contributed by atoms with Crippen molar-refractivity contribution < 1.29 is 0 Å². The van der Waals surface area contributed by atoms with Gasteiger partial charge in [0.1, 0.15) is 0 Å². The van der Waals surface area contributed by atoms with E-state index in [-0.39, 0.29) is 0 Å². The summed E-state index contributed by atoms with van der Waals surface area (Å²) >= 11 is 5.59. The molecule has 0 amide bonds. The molecule has 0 fully saturated rings. The summed E-state index contributed by atoms with van der Waals surface area (Å²) in [7, 11) is 0. The first-order valence-electron chi connectivity index (χ1n) is 6.46. The van der Waals surface area contributed by atoms with Crippen LogP contribution in [0, 0.1) is 6.92 Å².